The summed E-state index contributed by atoms with van der Waals surface area (Å²) in [4.78, 5) is 25.6. The molecular formula is C27H33N3O6. The van der Waals surface area contributed by atoms with Crippen LogP contribution in [0.4, 0.5) is 0 Å². The van der Waals surface area contributed by atoms with Gasteiger partial charge in [-0.15, -0.1) is 0 Å². The molecule has 2 aliphatic heterocycles. The van der Waals surface area contributed by atoms with Crippen molar-refractivity contribution < 1.29 is 29.3 Å². The Kier molecular flexibility index (Phi) is 8.25. The Labute approximate surface area is 210 Å². The van der Waals surface area contributed by atoms with Crippen LogP contribution in [0.1, 0.15) is 45.9 Å². The fourth-order valence-electron chi connectivity index (χ4n) is 5.20. The molecule has 36 heavy (non-hydrogen) atoms. The Morgan fingerprint density at radius 1 is 1.25 bits per heavy atom. The monoisotopic (exact) mass is 495 g/mol. The molecule has 0 aliphatic carbocycles. The van der Waals surface area contributed by atoms with Gasteiger partial charge in [-0.2, -0.15) is 0 Å². The number of benzene rings is 2. The number of hydrogen-bond donors (Lipinski definition) is 4. The first-order chi connectivity index (χ1) is 17.4. The van der Waals surface area contributed by atoms with Crippen LogP contribution in [0.25, 0.3) is 10.9 Å². The first-order valence-electron chi connectivity index (χ1n) is 12.1. The van der Waals surface area contributed by atoms with E-state index < -0.39 is 5.97 Å². The van der Waals surface area contributed by atoms with Crippen molar-refractivity contribution in [3.05, 3.63) is 64.8 Å². The standard InChI is InChI=1S/C26H31N3O4.CH2O2/c1-16-11-24(32-2)22(21-7-9-27-25(16)21)13-29-10-8-19(28-20-14-33-15-20)12-23(29)17-3-5-18(6-4-17)26(30)31;2-1-3/h3-7,9,11,19-20,23,27-28H,8,10,12-15H2,1-2H3,(H,30,31);1H,(H,2,3)/t19-,23-;/m0./s1. The Morgan fingerprint density at radius 2 is 1.97 bits per heavy atom. The first kappa shape index (κ1) is 25.7. The SMILES string of the molecule is COc1cc(C)c2[nH]ccc2c1CN1CC[C@H](NC2COC2)C[C@H]1c1ccc(C(=O)O)cc1.O=CO. The van der Waals surface area contributed by atoms with E-state index in [0.717, 1.165) is 56.0 Å². The lowest BCUT2D eigenvalue weighted by molar-refractivity contribution is -0.122. The largest absolute Gasteiger partial charge is 0.496 e. The highest BCUT2D eigenvalue weighted by Gasteiger charge is 2.33. The van der Waals surface area contributed by atoms with Crippen molar-refractivity contribution >= 4 is 23.3 Å². The molecule has 3 heterocycles. The van der Waals surface area contributed by atoms with Gasteiger partial charge in [0.1, 0.15) is 5.75 Å². The van der Waals surface area contributed by atoms with Crippen LogP contribution >= 0.6 is 0 Å². The van der Waals surface area contributed by atoms with E-state index in [0.29, 0.717) is 17.6 Å². The summed E-state index contributed by atoms with van der Waals surface area (Å²) in [6.07, 6.45) is 4.01. The van der Waals surface area contributed by atoms with Gasteiger partial charge in [0, 0.05) is 47.8 Å². The molecule has 192 valence electrons. The van der Waals surface area contributed by atoms with Crippen LogP contribution < -0.4 is 10.1 Å². The number of nitrogens with one attached hydrogen (secondary N) is 2. The number of nitrogens with zero attached hydrogens (tertiary/aromatic N) is 1. The van der Waals surface area contributed by atoms with E-state index in [1.165, 1.54) is 16.5 Å². The van der Waals surface area contributed by atoms with Crippen molar-refractivity contribution in [3.63, 3.8) is 0 Å². The second-order valence-electron chi connectivity index (χ2n) is 9.28. The molecule has 5 rings (SSSR count). The number of H-pyrrole nitrogens is 1. The van der Waals surface area contributed by atoms with Crippen molar-refractivity contribution in [2.45, 2.75) is 44.4 Å². The number of ether oxygens (including phenoxy) is 2. The van der Waals surface area contributed by atoms with Crippen molar-refractivity contribution in [1.29, 1.82) is 0 Å². The molecule has 2 aliphatic rings. The average Bonchev–Trinajstić information content (AvgIpc) is 3.35. The second-order valence-corrected chi connectivity index (χ2v) is 9.28. The van der Waals surface area contributed by atoms with Gasteiger partial charge in [0.05, 0.1) is 31.9 Å². The predicted octanol–water partition coefficient (Wildman–Crippen LogP) is 3.58. The molecule has 9 nitrogen and oxygen atoms in total. The minimum atomic E-state index is -0.897. The van der Waals surface area contributed by atoms with Gasteiger partial charge in [-0.25, -0.2) is 4.79 Å². The van der Waals surface area contributed by atoms with E-state index in [4.69, 9.17) is 19.4 Å². The minimum absolute atomic E-state index is 0.181. The van der Waals surface area contributed by atoms with Gasteiger partial charge in [0.25, 0.3) is 6.47 Å². The van der Waals surface area contributed by atoms with Crippen molar-refractivity contribution in [3.8, 4) is 5.75 Å². The normalized spacial score (nSPS) is 20.3. The highest BCUT2D eigenvalue weighted by atomic mass is 16.5. The first-order valence-corrected chi connectivity index (χ1v) is 12.1. The Balaban J connectivity index is 0.000000967. The maximum atomic E-state index is 11.4. The molecule has 1 aromatic heterocycles. The number of fused-ring (bicyclic) bond motifs is 1. The number of likely N-dealkylation sites (tertiary alicyclic amines) is 1. The quantitative estimate of drug-likeness (QED) is 0.367. The maximum absolute atomic E-state index is 11.4. The summed E-state index contributed by atoms with van der Waals surface area (Å²) in [5.74, 6) is 0.0114. The molecule has 9 heteroatoms. The van der Waals surface area contributed by atoms with Gasteiger partial charge >= 0.3 is 5.97 Å². The van der Waals surface area contributed by atoms with Crippen LogP contribution in [0, 0.1) is 6.92 Å². The molecule has 2 atom stereocenters. The third-order valence-corrected chi connectivity index (χ3v) is 7.06. The summed E-state index contributed by atoms with van der Waals surface area (Å²) in [6, 6.07) is 12.6. The number of carbonyl (C=O) groups is 2. The molecule has 2 fully saturated rings. The van der Waals surface area contributed by atoms with Gasteiger partial charge < -0.3 is 30.0 Å². The molecule has 0 saturated carbocycles. The average molecular weight is 496 g/mol. The van der Waals surface area contributed by atoms with E-state index >= 15 is 0 Å². The lowest BCUT2D eigenvalue weighted by Gasteiger charge is -2.42. The Bertz CT molecular complexity index is 1190. The smallest absolute Gasteiger partial charge is 0.335 e. The van der Waals surface area contributed by atoms with Gasteiger partial charge in [0.15, 0.2) is 0 Å². The van der Waals surface area contributed by atoms with Gasteiger partial charge in [-0.1, -0.05) is 12.1 Å². The molecule has 0 amide bonds. The lowest BCUT2D eigenvalue weighted by Crippen LogP contribution is -2.53. The van der Waals surface area contributed by atoms with Gasteiger partial charge in [0.2, 0.25) is 0 Å². The Morgan fingerprint density at radius 3 is 2.58 bits per heavy atom. The zero-order chi connectivity index (χ0) is 25.7. The molecule has 0 spiro atoms. The van der Waals surface area contributed by atoms with E-state index in [2.05, 4.69) is 34.3 Å². The van der Waals surface area contributed by atoms with Gasteiger partial charge in [-0.3, -0.25) is 9.69 Å². The van der Waals surface area contributed by atoms with E-state index in [1.807, 2.05) is 18.3 Å². The third-order valence-electron chi connectivity index (χ3n) is 7.06. The zero-order valence-electron chi connectivity index (χ0n) is 20.6. The molecule has 4 N–H and O–H groups in total. The number of carboxylic acid groups (broad SMARTS) is 2. The molecule has 2 aromatic carbocycles. The maximum Gasteiger partial charge on any atom is 0.335 e. The van der Waals surface area contributed by atoms with Crippen LogP contribution in [0.2, 0.25) is 0 Å². The summed E-state index contributed by atoms with van der Waals surface area (Å²) in [7, 11) is 1.73. The van der Waals surface area contributed by atoms with Crippen LogP contribution in [0.5, 0.6) is 5.75 Å². The number of aromatic amines is 1. The molecule has 0 bridgehead atoms. The van der Waals surface area contributed by atoms with Gasteiger partial charge in [-0.05, 0) is 55.2 Å². The fourth-order valence-corrected chi connectivity index (χ4v) is 5.20. The van der Waals surface area contributed by atoms with E-state index in [9.17, 15) is 9.90 Å². The molecule has 0 radical (unpaired) electrons. The predicted molar refractivity (Wildman–Crippen MR) is 136 cm³/mol. The number of carboxylic acids is 1. The minimum Gasteiger partial charge on any atom is -0.496 e. The highest BCUT2D eigenvalue weighted by molar-refractivity contribution is 5.88. The third kappa shape index (κ3) is 5.53. The van der Waals surface area contributed by atoms with E-state index in [-0.39, 0.29) is 12.5 Å². The summed E-state index contributed by atoms with van der Waals surface area (Å²) in [5, 5.41) is 21.1. The number of methoxy groups -OCH3 is 1. The number of aromatic carboxylic acids is 1. The zero-order valence-corrected chi connectivity index (χ0v) is 20.6. The highest BCUT2D eigenvalue weighted by Crippen LogP contribution is 2.37. The number of piperidine rings is 1. The van der Waals surface area contributed by atoms with Crippen LogP contribution in [0.3, 0.4) is 0 Å². The topological polar surface area (TPSA) is 124 Å². The fraction of sp³-hybridized carbons (Fsp3) is 0.407. The number of aromatic nitrogens is 1. The van der Waals surface area contributed by atoms with Crippen molar-refractivity contribution in [1.82, 2.24) is 15.2 Å². The van der Waals surface area contributed by atoms with Crippen LogP contribution in [0.15, 0.2) is 42.6 Å². The lowest BCUT2D eigenvalue weighted by atomic mass is 9.90. The molecule has 2 saturated heterocycles. The molecule has 3 aromatic rings. The Hall–Kier alpha value is -3.40. The molecular weight excluding hydrogens is 462 g/mol. The summed E-state index contributed by atoms with van der Waals surface area (Å²) in [5.41, 5.74) is 4.96. The van der Waals surface area contributed by atoms with Crippen molar-refractivity contribution in [2.75, 3.05) is 26.9 Å². The molecule has 0 unspecified atom stereocenters. The second kappa shape index (κ2) is 11.6. The number of hydrogen-bond acceptors (Lipinski definition) is 6. The summed E-state index contributed by atoms with van der Waals surface area (Å²) in [6.45, 7) is 5.12. The van der Waals surface area contributed by atoms with Crippen LogP contribution in [-0.4, -0.2) is 71.5 Å². The summed E-state index contributed by atoms with van der Waals surface area (Å²) >= 11 is 0. The van der Waals surface area contributed by atoms with E-state index in [1.54, 1.807) is 19.2 Å². The van der Waals surface area contributed by atoms with Crippen LogP contribution in [-0.2, 0) is 16.1 Å². The number of rotatable bonds is 7. The summed E-state index contributed by atoms with van der Waals surface area (Å²) < 4.78 is 11.1. The number of aryl methyl sites for hydroxylation is 1. The van der Waals surface area contributed by atoms with Crippen molar-refractivity contribution in [2.24, 2.45) is 0 Å².